The molecule has 0 saturated heterocycles. The standard InChI is InChI=1S/C12H15N3O6/c1-19-3-2-13-6-12(16)14-8-4-10-11(21-7-20-10)5-9(8)15(17)18/h4-5,13H,2-3,6-7H2,1H3,(H,14,16). The number of carbonyl (C=O) groups is 1. The number of nitrogens with one attached hydrogen (secondary N) is 2. The van der Waals surface area contributed by atoms with Crippen LogP contribution in [0.1, 0.15) is 0 Å². The second-order valence-corrected chi connectivity index (χ2v) is 4.20. The number of amides is 1. The number of methoxy groups -OCH3 is 1. The van der Waals surface area contributed by atoms with E-state index >= 15 is 0 Å². The number of ether oxygens (including phenoxy) is 3. The van der Waals surface area contributed by atoms with Crippen LogP contribution in [0.5, 0.6) is 11.5 Å². The van der Waals surface area contributed by atoms with Gasteiger partial charge in [-0.05, 0) is 0 Å². The Balaban J connectivity index is 2.05. The Morgan fingerprint density at radius 1 is 1.43 bits per heavy atom. The van der Waals surface area contributed by atoms with E-state index in [1.54, 1.807) is 7.11 Å². The second-order valence-electron chi connectivity index (χ2n) is 4.20. The normalized spacial score (nSPS) is 12.2. The van der Waals surface area contributed by atoms with Crippen LogP contribution < -0.4 is 20.1 Å². The SMILES string of the molecule is COCCNCC(=O)Nc1cc2c(cc1[N+](=O)[O-])OCO2. The maximum atomic E-state index is 11.7. The van der Waals surface area contributed by atoms with Crippen molar-refractivity contribution >= 4 is 17.3 Å². The van der Waals surface area contributed by atoms with Crippen LogP contribution in [0.25, 0.3) is 0 Å². The van der Waals surface area contributed by atoms with E-state index < -0.39 is 10.8 Å². The predicted molar refractivity (Wildman–Crippen MR) is 72.6 cm³/mol. The van der Waals surface area contributed by atoms with Crippen LogP contribution in [-0.2, 0) is 9.53 Å². The lowest BCUT2D eigenvalue weighted by Gasteiger charge is -2.08. The topological polar surface area (TPSA) is 112 Å². The third kappa shape index (κ3) is 3.80. The summed E-state index contributed by atoms with van der Waals surface area (Å²) in [5.74, 6) is 0.259. The number of nitro groups is 1. The average Bonchev–Trinajstić information content (AvgIpc) is 2.89. The van der Waals surface area contributed by atoms with E-state index in [1.165, 1.54) is 12.1 Å². The molecule has 0 unspecified atom stereocenters. The fraction of sp³-hybridized carbons (Fsp3) is 0.417. The lowest BCUT2D eigenvalue weighted by Crippen LogP contribution is -2.30. The molecule has 0 fully saturated rings. The summed E-state index contributed by atoms with van der Waals surface area (Å²) in [6.07, 6.45) is 0. The maximum Gasteiger partial charge on any atom is 0.296 e. The Kier molecular flexibility index (Phi) is 4.90. The minimum atomic E-state index is -0.587. The summed E-state index contributed by atoms with van der Waals surface area (Å²) in [5, 5.41) is 16.4. The van der Waals surface area contributed by atoms with Gasteiger partial charge in [0.1, 0.15) is 5.69 Å². The highest BCUT2D eigenvalue weighted by atomic mass is 16.7. The molecule has 1 aliphatic heterocycles. The van der Waals surface area contributed by atoms with Crippen LogP contribution >= 0.6 is 0 Å². The Hall–Kier alpha value is -2.39. The van der Waals surface area contributed by atoms with E-state index in [9.17, 15) is 14.9 Å². The number of rotatable bonds is 7. The zero-order valence-electron chi connectivity index (χ0n) is 11.4. The van der Waals surface area contributed by atoms with Crippen LogP contribution in [0.4, 0.5) is 11.4 Å². The molecule has 21 heavy (non-hydrogen) atoms. The van der Waals surface area contributed by atoms with E-state index in [2.05, 4.69) is 10.6 Å². The molecule has 1 aromatic rings. The molecule has 0 spiro atoms. The van der Waals surface area contributed by atoms with Gasteiger partial charge in [-0.3, -0.25) is 14.9 Å². The molecule has 9 nitrogen and oxygen atoms in total. The van der Waals surface area contributed by atoms with Crippen molar-refractivity contribution in [2.75, 3.05) is 38.9 Å². The maximum absolute atomic E-state index is 11.7. The summed E-state index contributed by atoms with van der Waals surface area (Å²) in [6.45, 7) is 1.00. The first kappa shape index (κ1) is 15.0. The molecule has 0 bridgehead atoms. The van der Waals surface area contributed by atoms with Gasteiger partial charge < -0.3 is 24.8 Å². The molecule has 114 valence electrons. The van der Waals surface area contributed by atoms with Gasteiger partial charge in [-0.15, -0.1) is 0 Å². The second kappa shape index (κ2) is 6.86. The molecule has 2 N–H and O–H groups in total. The van der Waals surface area contributed by atoms with Crippen LogP contribution in [0.15, 0.2) is 12.1 Å². The molecule has 0 saturated carbocycles. The number of carbonyl (C=O) groups excluding carboxylic acids is 1. The van der Waals surface area contributed by atoms with E-state index in [-0.39, 0.29) is 30.5 Å². The summed E-state index contributed by atoms with van der Waals surface area (Å²) in [6, 6.07) is 2.61. The summed E-state index contributed by atoms with van der Waals surface area (Å²) in [4.78, 5) is 22.2. The fourth-order valence-electron chi connectivity index (χ4n) is 1.75. The molecular formula is C12H15N3O6. The Bertz CT molecular complexity index is 548. The summed E-state index contributed by atoms with van der Waals surface area (Å²) >= 11 is 0. The molecule has 2 rings (SSSR count). The van der Waals surface area contributed by atoms with E-state index in [4.69, 9.17) is 14.2 Å². The number of nitro benzene ring substituents is 1. The van der Waals surface area contributed by atoms with E-state index in [0.717, 1.165) is 0 Å². The largest absolute Gasteiger partial charge is 0.454 e. The van der Waals surface area contributed by atoms with E-state index in [1.807, 2.05) is 0 Å². The summed E-state index contributed by atoms with van der Waals surface area (Å²) in [7, 11) is 1.55. The van der Waals surface area contributed by atoms with Crippen molar-refractivity contribution in [1.29, 1.82) is 0 Å². The molecular weight excluding hydrogens is 282 g/mol. The van der Waals surface area contributed by atoms with Crippen LogP contribution in [0.2, 0.25) is 0 Å². The van der Waals surface area contributed by atoms with Gasteiger partial charge >= 0.3 is 0 Å². The first-order chi connectivity index (χ1) is 10.1. The van der Waals surface area contributed by atoms with Crippen molar-refractivity contribution < 1.29 is 23.9 Å². The molecule has 0 radical (unpaired) electrons. The molecule has 1 heterocycles. The molecule has 0 aromatic heterocycles. The highest BCUT2D eigenvalue weighted by molar-refractivity contribution is 5.95. The number of nitrogens with zero attached hydrogens (tertiary/aromatic N) is 1. The summed E-state index contributed by atoms with van der Waals surface area (Å²) in [5.41, 5.74) is -0.174. The van der Waals surface area contributed by atoms with Crippen LogP contribution in [0, 0.1) is 10.1 Å². The highest BCUT2D eigenvalue weighted by Gasteiger charge is 2.24. The van der Waals surface area contributed by atoms with Crippen LogP contribution in [0.3, 0.4) is 0 Å². The quantitative estimate of drug-likeness (QED) is 0.428. The molecule has 9 heteroatoms. The Labute approximate surface area is 120 Å². The number of fused-ring (bicyclic) bond motifs is 1. The van der Waals surface area contributed by atoms with Crippen molar-refractivity contribution in [2.45, 2.75) is 0 Å². The van der Waals surface area contributed by atoms with Crippen molar-refractivity contribution in [1.82, 2.24) is 5.32 Å². The Morgan fingerprint density at radius 2 is 2.14 bits per heavy atom. The van der Waals surface area contributed by atoms with Gasteiger partial charge in [0, 0.05) is 19.7 Å². The van der Waals surface area contributed by atoms with E-state index in [0.29, 0.717) is 18.9 Å². The van der Waals surface area contributed by atoms with Gasteiger partial charge in [0.25, 0.3) is 5.69 Å². The minimum absolute atomic E-state index is 0.00244. The molecule has 1 aliphatic rings. The van der Waals surface area contributed by atoms with Crippen LogP contribution in [-0.4, -0.2) is 44.4 Å². The van der Waals surface area contributed by atoms with Gasteiger partial charge in [0.05, 0.1) is 24.1 Å². The van der Waals surface area contributed by atoms with Gasteiger partial charge in [-0.1, -0.05) is 0 Å². The van der Waals surface area contributed by atoms with Gasteiger partial charge in [-0.25, -0.2) is 0 Å². The van der Waals surface area contributed by atoms with Crippen molar-refractivity contribution in [3.05, 3.63) is 22.2 Å². The number of anilines is 1. The third-order valence-electron chi connectivity index (χ3n) is 2.73. The predicted octanol–water partition coefficient (Wildman–Crippen LogP) is 0.498. The van der Waals surface area contributed by atoms with Gasteiger partial charge in [0.15, 0.2) is 11.5 Å². The summed E-state index contributed by atoms with van der Waals surface area (Å²) < 4.78 is 15.0. The fourth-order valence-corrected chi connectivity index (χ4v) is 1.75. The number of hydrogen-bond donors (Lipinski definition) is 2. The smallest absolute Gasteiger partial charge is 0.296 e. The molecule has 1 amide bonds. The zero-order chi connectivity index (χ0) is 15.2. The van der Waals surface area contributed by atoms with Crippen molar-refractivity contribution in [2.24, 2.45) is 0 Å². The molecule has 1 aromatic carbocycles. The lowest BCUT2D eigenvalue weighted by atomic mass is 10.2. The molecule has 0 aliphatic carbocycles. The highest BCUT2D eigenvalue weighted by Crippen LogP contribution is 2.40. The lowest BCUT2D eigenvalue weighted by molar-refractivity contribution is -0.384. The first-order valence-corrected chi connectivity index (χ1v) is 6.19. The number of benzene rings is 1. The molecule has 0 atom stereocenters. The van der Waals surface area contributed by atoms with Gasteiger partial charge in [0.2, 0.25) is 12.7 Å². The third-order valence-corrected chi connectivity index (χ3v) is 2.73. The minimum Gasteiger partial charge on any atom is -0.454 e. The first-order valence-electron chi connectivity index (χ1n) is 6.19. The average molecular weight is 297 g/mol. The van der Waals surface area contributed by atoms with Crippen molar-refractivity contribution in [3.8, 4) is 11.5 Å². The van der Waals surface area contributed by atoms with Crippen molar-refractivity contribution in [3.63, 3.8) is 0 Å². The monoisotopic (exact) mass is 297 g/mol. The number of hydrogen-bond acceptors (Lipinski definition) is 7. The Morgan fingerprint density at radius 3 is 2.81 bits per heavy atom. The van der Waals surface area contributed by atoms with Gasteiger partial charge in [-0.2, -0.15) is 0 Å². The zero-order valence-corrected chi connectivity index (χ0v) is 11.4.